The van der Waals surface area contributed by atoms with Gasteiger partial charge in [-0.1, -0.05) is 25.5 Å². The number of benzene rings is 3. The predicted octanol–water partition coefficient (Wildman–Crippen LogP) is 5.88. The number of carboxylic acid groups (broad SMARTS) is 1. The Morgan fingerprint density at radius 2 is 2.00 bits per heavy atom. The van der Waals surface area contributed by atoms with Crippen LogP contribution in [0.5, 0.6) is 11.5 Å². The Bertz CT molecular complexity index is 1750. The Kier molecular flexibility index (Phi) is 6.67. The smallest absolute Gasteiger partial charge is 0.432 e. The normalized spacial score (nSPS) is 11.1. The molecule has 0 bridgehead atoms. The first-order valence-corrected chi connectivity index (χ1v) is 12.1. The van der Waals surface area contributed by atoms with E-state index in [0.29, 0.717) is 45.3 Å². The van der Waals surface area contributed by atoms with E-state index in [4.69, 9.17) is 4.74 Å². The van der Waals surface area contributed by atoms with Gasteiger partial charge >= 0.3 is 6.09 Å². The van der Waals surface area contributed by atoms with E-state index in [1.54, 1.807) is 24.3 Å². The molecule has 3 aromatic carbocycles. The van der Waals surface area contributed by atoms with E-state index in [2.05, 4.69) is 27.3 Å². The highest BCUT2D eigenvalue weighted by atomic mass is 16.6. The summed E-state index contributed by atoms with van der Waals surface area (Å²) >= 11 is 0. The number of unbranched alkanes of at least 4 members (excludes halogenated alkanes) is 1. The summed E-state index contributed by atoms with van der Waals surface area (Å²) in [5, 5.41) is 39.9. The molecule has 2 aromatic heterocycles. The molecule has 0 radical (unpaired) electrons. The van der Waals surface area contributed by atoms with Crippen LogP contribution < -0.4 is 10.1 Å². The molecule has 0 spiro atoms. The molecule has 3 N–H and O–H groups in total. The lowest BCUT2D eigenvalue weighted by atomic mass is 10.0. The third-order valence-corrected chi connectivity index (χ3v) is 6.30. The number of carbonyl (C=O) groups is 1. The zero-order valence-electron chi connectivity index (χ0n) is 21.1. The van der Waals surface area contributed by atoms with Gasteiger partial charge in [0.25, 0.3) is 5.69 Å². The molecule has 12 nitrogen and oxygen atoms in total. The standard InChI is InChI=1S/C27H24N6O6/c1-3-4-6-15-9-18(10-17-14-28-32(24(15)17)27(35)36)29-26-20-12-22(34)23(39-2)13-21(20)30-25(31-26)16-7-5-8-19(11-16)33(37)38/h5,7-14,34H,3-4,6H2,1-2H3,(H,35,36)(H,29,30,31). The van der Waals surface area contributed by atoms with Crippen molar-refractivity contribution in [1.82, 2.24) is 19.7 Å². The summed E-state index contributed by atoms with van der Waals surface area (Å²) in [6.07, 6.45) is 2.74. The number of non-ortho nitro benzene ring substituents is 1. The van der Waals surface area contributed by atoms with Gasteiger partial charge in [-0.3, -0.25) is 10.1 Å². The number of fused-ring (bicyclic) bond motifs is 2. The highest BCUT2D eigenvalue weighted by Gasteiger charge is 2.18. The number of nitrogens with one attached hydrogen (secondary N) is 1. The number of ether oxygens (including phenoxy) is 1. The van der Waals surface area contributed by atoms with Gasteiger partial charge in [-0.15, -0.1) is 0 Å². The minimum absolute atomic E-state index is 0.101. The van der Waals surface area contributed by atoms with Gasteiger partial charge < -0.3 is 20.3 Å². The molecule has 0 aliphatic rings. The molecular weight excluding hydrogens is 504 g/mol. The summed E-state index contributed by atoms with van der Waals surface area (Å²) in [7, 11) is 1.42. The van der Waals surface area contributed by atoms with Gasteiger partial charge in [-0.25, -0.2) is 14.8 Å². The molecule has 0 aliphatic carbocycles. The lowest BCUT2D eigenvalue weighted by Crippen LogP contribution is -2.10. The number of nitro benzene ring substituents is 1. The summed E-state index contributed by atoms with van der Waals surface area (Å²) in [5.41, 5.74) is 2.72. The van der Waals surface area contributed by atoms with Crippen LogP contribution in [-0.2, 0) is 6.42 Å². The van der Waals surface area contributed by atoms with Crippen LogP contribution in [0.3, 0.4) is 0 Å². The van der Waals surface area contributed by atoms with Crippen LogP contribution in [0.1, 0.15) is 25.3 Å². The van der Waals surface area contributed by atoms with Crippen LogP contribution in [0.4, 0.5) is 22.0 Å². The van der Waals surface area contributed by atoms with E-state index in [1.165, 1.54) is 31.5 Å². The predicted molar refractivity (Wildman–Crippen MR) is 145 cm³/mol. The largest absolute Gasteiger partial charge is 0.504 e. The number of hydrogen-bond donors (Lipinski definition) is 3. The monoisotopic (exact) mass is 528 g/mol. The second kappa shape index (κ2) is 10.2. The molecule has 12 heteroatoms. The van der Waals surface area contributed by atoms with Gasteiger partial charge in [0, 0.05) is 40.2 Å². The molecule has 5 rings (SSSR count). The molecule has 2 heterocycles. The maximum atomic E-state index is 11.7. The number of methoxy groups -OCH3 is 1. The highest BCUT2D eigenvalue weighted by molar-refractivity contribution is 5.96. The molecule has 0 unspecified atom stereocenters. The van der Waals surface area contributed by atoms with E-state index in [1.807, 2.05) is 6.07 Å². The zero-order valence-corrected chi connectivity index (χ0v) is 21.1. The van der Waals surface area contributed by atoms with Crippen molar-refractivity contribution in [1.29, 1.82) is 0 Å². The van der Waals surface area contributed by atoms with E-state index < -0.39 is 11.0 Å². The average Bonchev–Trinajstić information content (AvgIpc) is 3.36. The van der Waals surface area contributed by atoms with E-state index in [-0.39, 0.29) is 23.0 Å². The summed E-state index contributed by atoms with van der Waals surface area (Å²) in [4.78, 5) is 31.8. The first-order chi connectivity index (χ1) is 18.8. The molecule has 198 valence electrons. The van der Waals surface area contributed by atoms with Crippen molar-refractivity contribution in [3.05, 3.63) is 70.4 Å². The number of phenols is 1. The molecule has 0 saturated heterocycles. The molecule has 0 amide bonds. The van der Waals surface area contributed by atoms with Gasteiger partial charge in [-0.05, 0) is 36.6 Å². The van der Waals surface area contributed by atoms with Crippen molar-refractivity contribution in [2.45, 2.75) is 26.2 Å². The molecule has 0 fully saturated rings. The van der Waals surface area contributed by atoms with Crippen molar-refractivity contribution in [3.63, 3.8) is 0 Å². The maximum absolute atomic E-state index is 11.7. The Balaban J connectivity index is 1.69. The van der Waals surface area contributed by atoms with E-state index in [9.17, 15) is 25.1 Å². The number of hydrogen-bond acceptors (Lipinski definition) is 9. The zero-order chi connectivity index (χ0) is 27.7. The van der Waals surface area contributed by atoms with Gasteiger partial charge in [0.05, 0.1) is 29.3 Å². The Hall–Kier alpha value is -5.26. The molecule has 5 aromatic rings. The van der Waals surface area contributed by atoms with Crippen molar-refractivity contribution in [3.8, 4) is 22.9 Å². The molecule has 0 aliphatic heterocycles. The van der Waals surface area contributed by atoms with Crippen LogP contribution in [0.15, 0.2) is 54.7 Å². The topological polar surface area (TPSA) is 166 Å². The lowest BCUT2D eigenvalue weighted by Gasteiger charge is -2.14. The number of anilines is 2. The highest BCUT2D eigenvalue weighted by Crippen LogP contribution is 2.36. The second-order valence-electron chi connectivity index (χ2n) is 8.89. The van der Waals surface area contributed by atoms with Gasteiger partial charge in [0.1, 0.15) is 5.82 Å². The van der Waals surface area contributed by atoms with Crippen LogP contribution in [-0.4, -0.2) is 48.1 Å². The van der Waals surface area contributed by atoms with Crippen molar-refractivity contribution < 1.29 is 24.7 Å². The molecular formula is C27H24N6O6. The summed E-state index contributed by atoms with van der Waals surface area (Å²) in [6, 6.07) is 12.7. The van der Waals surface area contributed by atoms with Gasteiger partial charge in [0.15, 0.2) is 17.3 Å². The number of nitrogens with zero attached hydrogens (tertiary/aromatic N) is 5. The van der Waals surface area contributed by atoms with Gasteiger partial charge in [-0.2, -0.15) is 9.78 Å². The fourth-order valence-corrected chi connectivity index (χ4v) is 4.46. The van der Waals surface area contributed by atoms with E-state index >= 15 is 0 Å². The quantitative estimate of drug-likeness (QED) is 0.163. The Morgan fingerprint density at radius 3 is 2.72 bits per heavy atom. The minimum Gasteiger partial charge on any atom is -0.504 e. The first-order valence-electron chi connectivity index (χ1n) is 12.1. The number of aryl methyl sites for hydroxylation is 1. The Labute approximate surface area is 221 Å². The SMILES string of the molecule is CCCCc1cc(Nc2nc(-c3cccc([N+](=O)[O-])c3)nc3cc(OC)c(O)cc23)cc2cnn(C(=O)O)c12. The third-order valence-electron chi connectivity index (χ3n) is 6.30. The van der Waals surface area contributed by atoms with Crippen molar-refractivity contribution in [2.75, 3.05) is 12.4 Å². The lowest BCUT2D eigenvalue weighted by molar-refractivity contribution is -0.384. The maximum Gasteiger partial charge on any atom is 0.432 e. The second-order valence-corrected chi connectivity index (χ2v) is 8.89. The molecule has 0 atom stereocenters. The fraction of sp³-hybridized carbons (Fsp3) is 0.185. The molecule has 39 heavy (non-hydrogen) atoms. The van der Waals surface area contributed by atoms with E-state index in [0.717, 1.165) is 23.1 Å². The Morgan fingerprint density at radius 1 is 1.18 bits per heavy atom. The number of aromatic nitrogens is 4. The summed E-state index contributed by atoms with van der Waals surface area (Å²) in [5.74, 6) is 0.668. The number of rotatable bonds is 8. The summed E-state index contributed by atoms with van der Waals surface area (Å²) < 4.78 is 6.22. The van der Waals surface area contributed by atoms with Crippen LogP contribution in [0.2, 0.25) is 0 Å². The first kappa shape index (κ1) is 25.4. The summed E-state index contributed by atoms with van der Waals surface area (Å²) in [6.45, 7) is 2.05. The van der Waals surface area contributed by atoms with Crippen LogP contribution in [0, 0.1) is 10.1 Å². The van der Waals surface area contributed by atoms with Crippen molar-refractivity contribution in [2.24, 2.45) is 0 Å². The van der Waals surface area contributed by atoms with Gasteiger partial charge in [0.2, 0.25) is 0 Å². The minimum atomic E-state index is -1.17. The van der Waals surface area contributed by atoms with Crippen LogP contribution >= 0.6 is 0 Å². The third kappa shape index (κ3) is 4.87. The molecule has 0 saturated carbocycles. The van der Waals surface area contributed by atoms with Crippen LogP contribution in [0.25, 0.3) is 33.2 Å². The average molecular weight is 529 g/mol. The number of nitro groups is 1. The number of aromatic hydroxyl groups is 1. The van der Waals surface area contributed by atoms with Crippen molar-refractivity contribution >= 4 is 45.1 Å². The number of phenolic OH excluding ortho intramolecular Hbond substituents is 1. The fourth-order valence-electron chi connectivity index (χ4n) is 4.46.